The lowest BCUT2D eigenvalue weighted by Gasteiger charge is -2.31. The second kappa shape index (κ2) is 10.0. The summed E-state index contributed by atoms with van der Waals surface area (Å²) in [4.78, 5) is 42.6. The van der Waals surface area contributed by atoms with Crippen LogP contribution in [0.25, 0.3) is 11.3 Å². The molecule has 0 atom stereocenters. The number of carbonyl (C=O) groups is 2. The van der Waals surface area contributed by atoms with Crippen molar-refractivity contribution in [3.63, 3.8) is 0 Å². The maximum Gasteiger partial charge on any atom is 0.261 e. The van der Waals surface area contributed by atoms with Gasteiger partial charge in [0.25, 0.3) is 11.5 Å². The van der Waals surface area contributed by atoms with E-state index in [1.807, 2.05) is 31.2 Å². The molecule has 1 fully saturated rings. The zero-order valence-corrected chi connectivity index (χ0v) is 19.4. The lowest BCUT2D eigenvalue weighted by molar-refractivity contribution is -0.126. The molecular formula is C27H28FN3O3. The van der Waals surface area contributed by atoms with Crippen molar-refractivity contribution in [3.05, 3.63) is 93.0 Å². The fourth-order valence-electron chi connectivity index (χ4n) is 4.22. The normalized spacial score (nSPS) is 14.1. The number of likely N-dealkylation sites (tertiary alicyclic amines) is 1. The van der Waals surface area contributed by atoms with Crippen LogP contribution in [0.1, 0.15) is 39.9 Å². The molecule has 34 heavy (non-hydrogen) atoms. The number of hydrogen-bond acceptors (Lipinski definition) is 3. The van der Waals surface area contributed by atoms with Crippen molar-refractivity contribution in [2.24, 2.45) is 5.92 Å². The van der Waals surface area contributed by atoms with Gasteiger partial charge in [0, 0.05) is 31.2 Å². The summed E-state index contributed by atoms with van der Waals surface area (Å²) in [5, 5.41) is 2.86. The van der Waals surface area contributed by atoms with Gasteiger partial charge in [0.2, 0.25) is 5.91 Å². The number of benzene rings is 2. The molecule has 0 radical (unpaired) electrons. The number of piperidine rings is 1. The monoisotopic (exact) mass is 461 g/mol. The Morgan fingerprint density at radius 2 is 1.82 bits per heavy atom. The Balaban J connectivity index is 1.33. The number of rotatable bonds is 5. The Labute approximate surface area is 197 Å². The van der Waals surface area contributed by atoms with Crippen molar-refractivity contribution in [1.29, 1.82) is 0 Å². The van der Waals surface area contributed by atoms with E-state index in [-0.39, 0.29) is 35.7 Å². The van der Waals surface area contributed by atoms with Gasteiger partial charge in [0.1, 0.15) is 11.4 Å². The molecule has 2 N–H and O–H groups in total. The molecule has 4 rings (SSSR count). The van der Waals surface area contributed by atoms with Gasteiger partial charge in [-0.25, -0.2) is 4.39 Å². The smallest absolute Gasteiger partial charge is 0.261 e. The Morgan fingerprint density at radius 3 is 2.50 bits per heavy atom. The van der Waals surface area contributed by atoms with E-state index in [2.05, 4.69) is 10.3 Å². The molecular weight excluding hydrogens is 433 g/mol. The molecule has 1 aromatic heterocycles. The summed E-state index contributed by atoms with van der Waals surface area (Å²) in [5.41, 5.74) is 3.57. The molecule has 2 heterocycles. The van der Waals surface area contributed by atoms with Crippen molar-refractivity contribution in [2.45, 2.75) is 33.2 Å². The van der Waals surface area contributed by atoms with E-state index < -0.39 is 5.56 Å². The number of amides is 2. The van der Waals surface area contributed by atoms with Crippen LogP contribution in [0.2, 0.25) is 0 Å². The zero-order chi connectivity index (χ0) is 24.2. The molecule has 3 aromatic rings. The van der Waals surface area contributed by atoms with Gasteiger partial charge >= 0.3 is 0 Å². The summed E-state index contributed by atoms with van der Waals surface area (Å²) in [6, 6.07) is 16.0. The number of hydrogen-bond donors (Lipinski definition) is 2. The first-order valence-electron chi connectivity index (χ1n) is 11.4. The first-order valence-corrected chi connectivity index (χ1v) is 11.4. The quantitative estimate of drug-likeness (QED) is 0.603. The summed E-state index contributed by atoms with van der Waals surface area (Å²) in [7, 11) is 0. The third kappa shape index (κ3) is 5.25. The molecule has 1 aliphatic heterocycles. The highest BCUT2D eigenvalue weighted by Crippen LogP contribution is 2.21. The van der Waals surface area contributed by atoms with Crippen LogP contribution in [0, 0.1) is 25.6 Å². The van der Waals surface area contributed by atoms with E-state index in [0.29, 0.717) is 42.8 Å². The first-order chi connectivity index (χ1) is 16.3. The zero-order valence-electron chi connectivity index (χ0n) is 19.4. The van der Waals surface area contributed by atoms with Crippen LogP contribution < -0.4 is 10.9 Å². The average Bonchev–Trinajstić information content (AvgIpc) is 2.84. The number of pyridine rings is 1. The van der Waals surface area contributed by atoms with Gasteiger partial charge < -0.3 is 15.2 Å². The largest absolute Gasteiger partial charge is 0.352 e. The third-order valence-corrected chi connectivity index (χ3v) is 6.32. The number of aromatic amines is 1. The minimum atomic E-state index is -0.422. The van der Waals surface area contributed by atoms with E-state index in [4.69, 9.17) is 0 Å². The number of aryl methyl sites for hydroxylation is 2. The van der Waals surface area contributed by atoms with Gasteiger partial charge in [-0.2, -0.15) is 0 Å². The number of halogens is 1. The second-order valence-corrected chi connectivity index (χ2v) is 8.85. The first kappa shape index (κ1) is 23.4. The number of nitrogens with one attached hydrogen (secondary N) is 2. The fourth-order valence-corrected chi connectivity index (χ4v) is 4.22. The Hall–Kier alpha value is -3.74. The summed E-state index contributed by atoms with van der Waals surface area (Å²) in [6.07, 6.45) is 1.03. The maximum absolute atomic E-state index is 13.7. The van der Waals surface area contributed by atoms with E-state index in [1.165, 1.54) is 6.07 Å². The van der Waals surface area contributed by atoms with Crippen LogP contribution in [0.15, 0.2) is 59.4 Å². The highest BCUT2D eigenvalue weighted by Gasteiger charge is 2.28. The summed E-state index contributed by atoms with van der Waals surface area (Å²) in [5.74, 6) is -0.943. The molecule has 1 aliphatic rings. The van der Waals surface area contributed by atoms with Gasteiger partial charge in [-0.05, 0) is 67.6 Å². The molecule has 2 aromatic carbocycles. The predicted octanol–water partition coefficient (Wildman–Crippen LogP) is 3.97. The summed E-state index contributed by atoms with van der Waals surface area (Å²) < 4.78 is 13.7. The van der Waals surface area contributed by atoms with Crippen LogP contribution in [0.3, 0.4) is 0 Å². The lowest BCUT2D eigenvalue weighted by Crippen LogP contribution is -2.44. The van der Waals surface area contributed by atoms with Crippen molar-refractivity contribution in [2.75, 3.05) is 13.1 Å². The molecule has 6 nitrogen and oxygen atoms in total. The lowest BCUT2D eigenvalue weighted by atomic mass is 9.95. The minimum absolute atomic E-state index is 0.0979. The maximum atomic E-state index is 13.7. The van der Waals surface area contributed by atoms with E-state index >= 15 is 0 Å². The Bertz CT molecular complexity index is 1280. The van der Waals surface area contributed by atoms with Gasteiger partial charge in [0.05, 0.1) is 0 Å². The molecule has 0 bridgehead atoms. The second-order valence-electron chi connectivity index (χ2n) is 8.85. The molecule has 1 saturated heterocycles. The van der Waals surface area contributed by atoms with Crippen LogP contribution in [0.5, 0.6) is 0 Å². The molecule has 0 aliphatic carbocycles. The third-order valence-electron chi connectivity index (χ3n) is 6.32. The highest BCUT2D eigenvalue weighted by molar-refractivity contribution is 5.94. The molecule has 176 valence electrons. The van der Waals surface area contributed by atoms with Gasteiger partial charge in [0.15, 0.2) is 0 Å². The summed E-state index contributed by atoms with van der Waals surface area (Å²) >= 11 is 0. The Morgan fingerprint density at radius 1 is 1.06 bits per heavy atom. The molecule has 0 spiro atoms. The predicted molar refractivity (Wildman–Crippen MR) is 129 cm³/mol. The fraction of sp³-hybridized carbons (Fsp3) is 0.296. The summed E-state index contributed by atoms with van der Waals surface area (Å²) in [6.45, 7) is 4.73. The minimum Gasteiger partial charge on any atom is -0.352 e. The van der Waals surface area contributed by atoms with Crippen molar-refractivity contribution in [1.82, 2.24) is 15.2 Å². The van der Waals surface area contributed by atoms with Gasteiger partial charge in [-0.3, -0.25) is 14.4 Å². The van der Waals surface area contributed by atoms with E-state index in [1.54, 1.807) is 36.1 Å². The van der Waals surface area contributed by atoms with E-state index in [0.717, 1.165) is 11.1 Å². The van der Waals surface area contributed by atoms with E-state index in [9.17, 15) is 18.8 Å². The number of aromatic nitrogens is 1. The molecule has 0 unspecified atom stereocenters. The topological polar surface area (TPSA) is 82.3 Å². The highest BCUT2D eigenvalue weighted by atomic mass is 19.1. The van der Waals surface area contributed by atoms with Crippen LogP contribution >= 0.6 is 0 Å². The standard InChI is InChI=1S/C27H28FN3O3/c1-17-4-3-5-21(14-17)24-9-8-22(26(33)30-24)27(34)31-12-10-20(11-13-31)25(32)29-16-19-7-6-18(2)23(28)15-19/h3-9,14-15,20H,10-13,16H2,1-2H3,(H,29,32)(H,30,33). The molecule has 0 saturated carbocycles. The van der Waals surface area contributed by atoms with Crippen LogP contribution in [-0.4, -0.2) is 34.8 Å². The van der Waals surface area contributed by atoms with Crippen molar-refractivity contribution in [3.8, 4) is 11.3 Å². The van der Waals surface area contributed by atoms with Crippen LogP contribution in [0.4, 0.5) is 4.39 Å². The number of carbonyl (C=O) groups excluding carboxylic acids is 2. The van der Waals surface area contributed by atoms with Crippen molar-refractivity contribution < 1.29 is 14.0 Å². The SMILES string of the molecule is Cc1cccc(-c2ccc(C(=O)N3CCC(C(=O)NCc4ccc(C)c(F)c4)CC3)c(=O)[nH]2)c1. The number of H-pyrrole nitrogens is 1. The molecule has 7 heteroatoms. The van der Waals surface area contributed by atoms with Crippen LogP contribution in [-0.2, 0) is 11.3 Å². The Kier molecular flexibility index (Phi) is 6.91. The molecule has 2 amide bonds. The van der Waals surface area contributed by atoms with Gasteiger partial charge in [-0.15, -0.1) is 0 Å². The average molecular weight is 462 g/mol. The van der Waals surface area contributed by atoms with Crippen molar-refractivity contribution >= 4 is 11.8 Å². The van der Waals surface area contributed by atoms with Gasteiger partial charge in [-0.1, -0.05) is 35.9 Å². The number of nitrogens with zero attached hydrogens (tertiary/aromatic N) is 1.